The maximum Gasteiger partial charge on any atom is 0.240 e. The van der Waals surface area contributed by atoms with E-state index in [9.17, 15) is 4.79 Å². The molecule has 1 heterocycles. The standard InChI is InChI=1S/C14H20N4O2/c1-3-18-12-7-5-4-6-11(12)16-14(18)17-13(19)10-15-8-9-20-2/h4-7,15H,3,8-10H2,1-2H3,(H,16,17,19). The van der Waals surface area contributed by atoms with Crippen molar-refractivity contribution in [2.45, 2.75) is 13.5 Å². The van der Waals surface area contributed by atoms with E-state index >= 15 is 0 Å². The van der Waals surface area contributed by atoms with Crippen LogP contribution in [0.1, 0.15) is 6.92 Å². The van der Waals surface area contributed by atoms with Crippen molar-refractivity contribution in [1.82, 2.24) is 14.9 Å². The third kappa shape index (κ3) is 3.34. The first-order valence-electron chi connectivity index (χ1n) is 6.71. The Morgan fingerprint density at radius 2 is 2.20 bits per heavy atom. The lowest BCUT2D eigenvalue weighted by molar-refractivity contribution is -0.115. The second kappa shape index (κ2) is 7.02. The highest BCUT2D eigenvalue weighted by Gasteiger charge is 2.11. The van der Waals surface area contributed by atoms with Crippen molar-refractivity contribution in [2.24, 2.45) is 0 Å². The van der Waals surface area contributed by atoms with Gasteiger partial charge in [-0.15, -0.1) is 0 Å². The normalized spacial score (nSPS) is 10.9. The maximum absolute atomic E-state index is 11.9. The van der Waals surface area contributed by atoms with Gasteiger partial charge in [-0.3, -0.25) is 10.1 Å². The topological polar surface area (TPSA) is 68.2 Å². The van der Waals surface area contributed by atoms with E-state index in [2.05, 4.69) is 15.6 Å². The monoisotopic (exact) mass is 276 g/mol. The van der Waals surface area contributed by atoms with Crippen molar-refractivity contribution < 1.29 is 9.53 Å². The first-order chi connectivity index (χ1) is 9.76. The number of benzene rings is 1. The molecule has 0 aliphatic heterocycles. The first kappa shape index (κ1) is 14.5. The first-order valence-corrected chi connectivity index (χ1v) is 6.71. The minimum Gasteiger partial charge on any atom is -0.383 e. The summed E-state index contributed by atoms with van der Waals surface area (Å²) >= 11 is 0. The number of fused-ring (bicyclic) bond motifs is 1. The number of anilines is 1. The fourth-order valence-electron chi connectivity index (χ4n) is 2.04. The van der Waals surface area contributed by atoms with Crippen molar-refractivity contribution in [1.29, 1.82) is 0 Å². The van der Waals surface area contributed by atoms with Crippen LogP contribution in [-0.4, -0.2) is 42.3 Å². The molecule has 0 atom stereocenters. The molecule has 0 aliphatic carbocycles. The van der Waals surface area contributed by atoms with Crippen molar-refractivity contribution in [3.05, 3.63) is 24.3 Å². The highest BCUT2D eigenvalue weighted by molar-refractivity contribution is 5.92. The van der Waals surface area contributed by atoms with Crippen LogP contribution >= 0.6 is 0 Å². The summed E-state index contributed by atoms with van der Waals surface area (Å²) in [6, 6.07) is 7.84. The molecule has 2 N–H and O–H groups in total. The van der Waals surface area contributed by atoms with E-state index in [1.165, 1.54) is 0 Å². The highest BCUT2D eigenvalue weighted by atomic mass is 16.5. The summed E-state index contributed by atoms with van der Waals surface area (Å²) in [7, 11) is 1.63. The molecule has 1 aromatic carbocycles. The third-order valence-electron chi connectivity index (χ3n) is 2.99. The molecule has 0 radical (unpaired) electrons. The summed E-state index contributed by atoms with van der Waals surface area (Å²) < 4.78 is 6.90. The zero-order valence-electron chi connectivity index (χ0n) is 11.8. The minimum absolute atomic E-state index is 0.105. The van der Waals surface area contributed by atoms with Crippen LogP contribution < -0.4 is 10.6 Å². The number of nitrogens with zero attached hydrogens (tertiary/aromatic N) is 2. The van der Waals surface area contributed by atoms with Crippen LogP contribution in [-0.2, 0) is 16.1 Å². The van der Waals surface area contributed by atoms with Crippen LogP contribution in [0.25, 0.3) is 11.0 Å². The zero-order valence-corrected chi connectivity index (χ0v) is 11.8. The van der Waals surface area contributed by atoms with Crippen molar-refractivity contribution in [3.8, 4) is 0 Å². The predicted molar refractivity (Wildman–Crippen MR) is 78.8 cm³/mol. The van der Waals surface area contributed by atoms with Gasteiger partial charge in [0.2, 0.25) is 11.9 Å². The van der Waals surface area contributed by atoms with Gasteiger partial charge in [0.1, 0.15) is 0 Å². The number of ether oxygens (including phenoxy) is 1. The minimum atomic E-state index is -0.105. The molecule has 0 saturated carbocycles. The number of aromatic nitrogens is 2. The van der Waals surface area contributed by atoms with E-state index in [0.717, 1.165) is 17.6 Å². The van der Waals surface area contributed by atoms with Gasteiger partial charge >= 0.3 is 0 Å². The second-order valence-corrected chi connectivity index (χ2v) is 4.39. The van der Waals surface area contributed by atoms with Gasteiger partial charge in [0.15, 0.2) is 0 Å². The van der Waals surface area contributed by atoms with E-state index in [4.69, 9.17) is 4.74 Å². The number of methoxy groups -OCH3 is 1. The summed E-state index contributed by atoms with van der Waals surface area (Å²) in [6.07, 6.45) is 0. The zero-order chi connectivity index (χ0) is 14.4. The summed E-state index contributed by atoms with van der Waals surface area (Å²) in [4.78, 5) is 16.3. The fourth-order valence-corrected chi connectivity index (χ4v) is 2.04. The van der Waals surface area contributed by atoms with E-state index < -0.39 is 0 Å². The molecule has 2 aromatic rings. The third-order valence-corrected chi connectivity index (χ3v) is 2.99. The molecular formula is C14H20N4O2. The molecule has 108 valence electrons. The summed E-state index contributed by atoms with van der Waals surface area (Å²) in [5, 5.41) is 5.84. The summed E-state index contributed by atoms with van der Waals surface area (Å²) in [6.45, 7) is 4.26. The molecule has 0 saturated heterocycles. The molecule has 6 heteroatoms. The van der Waals surface area contributed by atoms with Gasteiger partial charge in [0.25, 0.3) is 0 Å². The van der Waals surface area contributed by atoms with Gasteiger partial charge in [0.05, 0.1) is 24.2 Å². The molecular weight excluding hydrogens is 256 g/mol. The Hall–Kier alpha value is -1.92. The van der Waals surface area contributed by atoms with Crippen LogP contribution in [0.3, 0.4) is 0 Å². The van der Waals surface area contributed by atoms with E-state index in [0.29, 0.717) is 19.1 Å². The lowest BCUT2D eigenvalue weighted by atomic mass is 10.3. The number of carbonyl (C=O) groups is 1. The Morgan fingerprint density at radius 1 is 1.40 bits per heavy atom. The average molecular weight is 276 g/mol. The van der Waals surface area contributed by atoms with Crippen molar-refractivity contribution in [2.75, 3.05) is 32.1 Å². The number of hydrogen-bond donors (Lipinski definition) is 2. The molecule has 6 nitrogen and oxygen atoms in total. The molecule has 0 spiro atoms. The van der Waals surface area contributed by atoms with Crippen LogP contribution in [0.2, 0.25) is 0 Å². The molecule has 1 amide bonds. The molecule has 20 heavy (non-hydrogen) atoms. The van der Waals surface area contributed by atoms with Crippen molar-refractivity contribution in [3.63, 3.8) is 0 Å². The number of hydrogen-bond acceptors (Lipinski definition) is 4. The largest absolute Gasteiger partial charge is 0.383 e. The second-order valence-electron chi connectivity index (χ2n) is 4.39. The van der Waals surface area contributed by atoms with Crippen LogP contribution in [0.5, 0.6) is 0 Å². The quantitative estimate of drug-likeness (QED) is 0.746. The Balaban J connectivity index is 2.03. The Bertz CT molecular complexity index is 580. The number of imidazole rings is 1. The van der Waals surface area contributed by atoms with E-state index in [-0.39, 0.29) is 12.5 Å². The lowest BCUT2D eigenvalue weighted by Crippen LogP contribution is -2.31. The molecule has 0 aliphatic rings. The number of amides is 1. The highest BCUT2D eigenvalue weighted by Crippen LogP contribution is 2.18. The van der Waals surface area contributed by atoms with Gasteiger partial charge in [0, 0.05) is 20.2 Å². The maximum atomic E-state index is 11.9. The van der Waals surface area contributed by atoms with Gasteiger partial charge in [-0.05, 0) is 19.1 Å². The molecule has 0 fully saturated rings. The Kier molecular flexibility index (Phi) is 5.09. The lowest BCUT2D eigenvalue weighted by Gasteiger charge is -2.08. The number of rotatable bonds is 7. The number of nitrogens with one attached hydrogen (secondary N) is 2. The van der Waals surface area contributed by atoms with E-state index in [1.807, 2.05) is 35.8 Å². The Labute approximate surface area is 118 Å². The molecule has 2 rings (SSSR count). The predicted octanol–water partition coefficient (Wildman–Crippen LogP) is 1.23. The van der Waals surface area contributed by atoms with Gasteiger partial charge in [-0.1, -0.05) is 12.1 Å². The number of para-hydroxylation sites is 2. The fraction of sp³-hybridized carbons (Fsp3) is 0.429. The smallest absolute Gasteiger partial charge is 0.240 e. The van der Waals surface area contributed by atoms with E-state index in [1.54, 1.807) is 7.11 Å². The van der Waals surface area contributed by atoms with Crippen LogP contribution in [0, 0.1) is 0 Å². The van der Waals surface area contributed by atoms with Gasteiger partial charge in [-0.2, -0.15) is 0 Å². The van der Waals surface area contributed by atoms with Crippen LogP contribution in [0.4, 0.5) is 5.95 Å². The average Bonchev–Trinajstić information content (AvgIpc) is 2.80. The summed E-state index contributed by atoms with van der Waals surface area (Å²) in [5.41, 5.74) is 1.91. The number of carbonyl (C=O) groups excluding carboxylic acids is 1. The van der Waals surface area contributed by atoms with Crippen LogP contribution in [0.15, 0.2) is 24.3 Å². The molecule has 0 unspecified atom stereocenters. The molecule has 0 bridgehead atoms. The van der Waals surface area contributed by atoms with Gasteiger partial charge < -0.3 is 14.6 Å². The van der Waals surface area contributed by atoms with Gasteiger partial charge in [-0.25, -0.2) is 4.98 Å². The SMILES string of the molecule is CCn1c(NC(=O)CNCCOC)nc2ccccc21. The Morgan fingerprint density at radius 3 is 2.95 bits per heavy atom. The number of aryl methyl sites for hydroxylation is 1. The molecule has 1 aromatic heterocycles. The summed E-state index contributed by atoms with van der Waals surface area (Å²) in [5.74, 6) is 0.485. The van der Waals surface area contributed by atoms with Crippen molar-refractivity contribution >= 4 is 22.9 Å².